The molecule has 1 atom stereocenters. The number of benzene rings is 2. The number of rotatable bonds is 5. The van der Waals surface area contributed by atoms with E-state index in [1.165, 1.54) is 24.3 Å². The lowest BCUT2D eigenvalue weighted by Crippen LogP contribution is -2.46. The first kappa shape index (κ1) is 19.4. The summed E-state index contributed by atoms with van der Waals surface area (Å²) in [6, 6.07) is 11.5. The molecule has 0 aliphatic carbocycles. The molecule has 0 radical (unpaired) electrons. The zero-order valence-electron chi connectivity index (χ0n) is 14.1. The van der Waals surface area contributed by atoms with E-state index in [-0.39, 0.29) is 17.9 Å². The fourth-order valence-electron chi connectivity index (χ4n) is 2.46. The van der Waals surface area contributed by atoms with Crippen LogP contribution < -0.4 is 9.46 Å². The van der Waals surface area contributed by atoms with Crippen LogP contribution in [0.1, 0.15) is 6.42 Å². The fraction of sp³-hybridized carbons (Fsp3) is 0.167. The number of halogens is 1. The smallest absolute Gasteiger partial charge is 0.264 e. The number of nitrogens with zero attached hydrogens (tertiary/aromatic N) is 1. The molecule has 1 amide bonds. The Balaban J connectivity index is 1.72. The topological polar surface area (TPSA) is 95.9 Å². The van der Waals surface area contributed by atoms with Crippen molar-refractivity contribution in [2.24, 2.45) is 0 Å². The predicted octanol–water partition coefficient (Wildman–Crippen LogP) is 2.96. The van der Waals surface area contributed by atoms with Crippen LogP contribution in [0.5, 0.6) is 11.5 Å². The first-order valence-corrected chi connectivity index (χ1v) is 9.92. The minimum atomic E-state index is -3.94. The summed E-state index contributed by atoms with van der Waals surface area (Å²) in [5.74, 6) is 0.310. The van der Waals surface area contributed by atoms with Gasteiger partial charge in [-0.2, -0.15) is 4.72 Å². The van der Waals surface area contributed by atoms with Crippen molar-refractivity contribution in [2.75, 3.05) is 6.54 Å². The molecule has 2 aromatic carbocycles. The summed E-state index contributed by atoms with van der Waals surface area (Å²) in [5.41, 5.74) is 0. The number of hydrogen-bond donors (Lipinski definition) is 2. The van der Waals surface area contributed by atoms with E-state index in [1.807, 2.05) is 0 Å². The van der Waals surface area contributed by atoms with Gasteiger partial charge in [0.1, 0.15) is 17.5 Å². The molecule has 0 fully saturated rings. The highest BCUT2D eigenvalue weighted by Crippen LogP contribution is 2.24. The van der Waals surface area contributed by atoms with Crippen molar-refractivity contribution in [3.63, 3.8) is 0 Å². The summed E-state index contributed by atoms with van der Waals surface area (Å²) >= 11 is 5.82. The van der Waals surface area contributed by atoms with Gasteiger partial charge in [0.05, 0.1) is 11.4 Å². The van der Waals surface area contributed by atoms with Gasteiger partial charge in [0.15, 0.2) is 0 Å². The summed E-state index contributed by atoms with van der Waals surface area (Å²) in [6.07, 6.45) is 3.40. The first-order valence-electron chi connectivity index (χ1n) is 8.06. The maximum atomic E-state index is 12.5. The second-order valence-corrected chi connectivity index (χ2v) is 7.98. The average Bonchev–Trinajstić information content (AvgIpc) is 2.80. The highest BCUT2D eigenvalue weighted by atomic mass is 35.5. The van der Waals surface area contributed by atoms with Crippen molar-refractivity contribution < 1.29 is 23.2 Å². The normalized spacial score (nSPS) is 17.6. The number of nitrogens with one attached hydrogen (secondary N) is 1. The molecule has 0 spiro atoms. The monoisotopic (exact) mass is 408 g/mol. The molecule has 0 saturated heterocycles. The van der Waals surface area contributed by atoms with Gasteiger partial charge in [0, 0.05) is 5.02 Å². The van der Waals surface area contributed by atoms with Crippen LogP contribution in [-0.4, -0.2) is 37.2 Å². The molecule has 2 N–H and O–H groups in total. The summed E-state index contributed by atoms with van der Waals surface area (Å²) in [4.78, 5) is 12.0. The lowest BCUT2D eigenvalue weighted by molar-refractivity contribution is -0.164. The Bertz CT molecular complexity index is 943. The largest absolute Gasteiger partial charge is 0.457 e. The molecule has 0 unspecified atom stereocenters. The molecule has 1 heterocycles. The van der Waals surface area contributed by atoms with Gasteiger partial charge >= 0.3 is 0 Å². The Labute approximate surface area is 161 Å². The quantitative estimate of drug-likeness (QED) is 0.585. The maximum absolute atomic E-state index is 12.5. The van der Waals surface area contributed by atoms with Gasteiger partial charge in [-0.05, 0) is 55.0 Å². The number of ether oxygens (including phenoxy) is 1. The molecule has 0 bridgehead atoms. The molecule has 9 heteroatoms. The summed E-state index contributed by atoms with van der Waals surface area (Å²) in [6.45, 7) is 0.0216. The molecule has 7 nitrogen and oxygen atoms in total. The summed E-state index contributed by atoms with van der Waals surface area (Å²) in [5, 5.41) is 10.6. The fourth-order valence-corrected chi connectivity index (χ4v) is 3.78. The van der Waals surface area contributed by atoms with Gasteiger partial charge < -0.3 is 4.74 Å². The van der Waals surface area contributed by atoms with Gasteiger partial charge in [-0.3, -0.25) is 10.0 Å². The third-order valence-electron chi connectivity index (χ3n) is 3.85. The van der Waals surface area contributed by atoms with Crippen molar-refractivity contribution in [1.29, 1.82) is 0 Å². The standard InChI is InChI=1S/C18H17ClN2O5S/c19-13-4-6-14(7-5-13)26-15-8-10-16(11-9-15)27(24,25)20-17-3-1-2-12-21(23)18(17)22/h1-2,4-11,17,20,23H,3,12H2/t17-/m1/s1. The first-order chi connectivity index (χ1) is 12.8. The number of sulfonamides is 1. The van der Waals surface area contributed by atoms with Crippen LogP contribution in [0.3, 0.4) is 0 Å². The van der Waals surface area contributed by atoms with Crippen LogP contribution in [0.2, 0.25) is 5.02 Å². The molecule has 27 heavy (non-hydrogen) atoms. The van der Waals surface area contributed by atoms with Gasteiger partial charge in [-0.25, -0.2) is 13.5 Å². The number of amides is 1. The molecular formula is C18H17ClN2O5S. The van der Waals surface area contributed by atoms with Gasteiger partial charge in [0.2, 0.25) is 10.0 Å². The Morgan fingerprint density at radius 3 is 2.26 bits per heavy atom. The van der Waals surface area contributed by atoms with Crippen LogP contribution in [0, 0.1) is 0 Å². The van der Waals surface area contributed by atoms with Crippen LogP contribution in [0.25, 0.3) is 0 Å². The van der Waals surface area contributed by atoms with Crippen molar-refractivity contribution in [3.05, 3.63) is 65.7 Å². The average molecular weight is 409 g/mol. The van der Waals surface area contributed by atoms with Crippen LogP contribution in [0.4, 0.5) is 0 Å². The Morgan fingerprint density at radius 1 is 1.04 bits per heavy atom. The van der Waals surface area contributed by atoms with Crippen molar-refractivity contribution >= 4 is 27.5 Å². The van der Waals surface area contributed by atoms with Gasteiger partial charge in [-0.15, -0.1) is 0 Å². The molecular weight excluding hydrogens is 392 g/mol. The van der Waals surface area contributed by atoms with E-state index >= 15 is 0 Å². The van der Waals surface area contributed by atoms with E-state index < -0.39 is 22.0 Å². The highest BCUT2D eigenvalue weighted by molar-refractivity contribution is 7.89. The van der Waals surface area contributed by atoms with Crippen molar-refractivity contribution in [2.45, 2.75) is 17.4 Å². The minimum absolute atomic E-state index is 0.0172. The Morgan fingerprint density at radius 2 is 1.63 bits per heavy atom. The molecule has 0 saturated carbocycles. The number of carbonyl (C=O) groups is 1. The zero-order valence-corrected chi connectivity index (χ0v) is 15.7. The maximum Gasteiger partial charge on any atom is 0.264 e. The molecule has 142 valence electrons. The lowest BCUT2D eigenvalue weighted by Gasteiger charge is -2.19. The molecule has 3 rings (SSSR count). The van der Waals surface area contributed by atoms with Crippen molar-refractivity contribution in [3.8, 4) is 11.5 Å². The molecule has 0 aromatic heterocycles. The second kappa shape index (κ2) is 8.10. The Hall–Kier alpha value is -2.39. The van der Waals surface area contributed by atoms with Gasteiger partial charge in [-0.1, -0.05) is 23.8 Å². The van der Waals surface area contributed by atoms with E-state index in [9.17, 15) is 18.4 Å². The lowest BCUT2D eigenvalue weighted by atomic mass is 10.2. The summed E-state index contributed by atoms with van der Waals surface area (Å²) < 4.78 is 33.0. The van der Waals surface area contributed by atoms with Crippen LogP contribution >= 0.6 is 11.6 Å². The molecule has 2 aromatic rings. The zero-order chi connectivity index (χ0) is 19.4. The SMILES string of the molecule is O=C1[C@H](NS(=O)(=O)c2ccc(Oc3ccc(Cl)cc3)cc2)CC=CCN1O. The number of carbonyl (C=O) groups excluding carboxylic acids is 1. The minimum Gasteiger partial charge on any atom is -0.457 e. The number of hydroxylamine groups is 2. The third-order valence-corrected chi connectivity index (χ3v) is 5.59. The van der Waals surface area contributed by atoms with E-state index in [4.69, 9.17) is 16.3 Å². The summed E-state index contributed by atoms with van der Waals surface area (Å²) in [7, 11) is -3.94. The predicted molar refractivity (Wildman–Crippen MR) is 99.3 cm³/mol. The second-order valence-electron chi connectivity index (χ2n) is 5.83. The third kappa shape index (κ3) is 4.86. The van der Waals surface area contributed by atoms with E-state index in [1.54, 1.807) is 36.4 Å². The molecule has 1 aliphatic heterocycles. The van der Waals surface area contributed by atoms with Crippen LogP contribution in [0.15, 0.2) is 65.6 Å². The van der Waals surface area contributed by atoms with Gasteiger partial charge in [0.25, 0.3) is 5.91 Å². The van der Waals surface area contributed by atoms with E-state index in [0.717, 1.165) is 0 Å². The van der Waals surface area contributed by atoms with E-state index in [0.29, 0.717) is 21.6 Å². The number of hydrogen-bond acceptors (Lipinski definition) is 5. The molecule has 1 aliphatic rings. The highest BCUT2D eigenvalue weighted by Gasteiger charge is 2.29. The van der Waals surface area contributed by atoms with Crippen molar-refractivity contribution in [1.82, 2.24) is 9.79 Å². The van der Waals surface area contributed by atoms with Crippen LogP contribution in [-0.2, 0) is 14.8 Å². The van der Waals surface area contributed by atoms with E-state index in [2.05, 4.69) is 4.72 Å². The Kier molecular flexibility index (Phi) is 5.81.